The van der Waals surface area contributed by atoms with Crippen molar-refractivity contribution < 1.29 is 9.53 Å². The second-order valence-corrected chi connectivity index (χ2v) is 5.72. The van der Waals surface area contributed by atoms with Crippen LogP contribution in [-0.4, -0.2) is 30.7 Å². The van der Waals surface area contributed by atoms with Crippen LogP contribution in [0.1, 0.15) is 40.5 Å². The van der Waals surface area contributed by atoms with Crippen LogP contribution in [0, 0.1) is 5.41 Å². The fourth-order valence-corrected chi connectivity index (χ4v) is 1.68. The van der Waals surface area contributed by atoms with Gasteiger partial charge in [-0.1, -0.05) is 20.8 Å². The van der Waals surface area contributed by atoms with Gasteiger partial charge in [-0.3, -0.25) is 4.79 Å². The van der Waals surface area contributed by atoms with Crippen LogP contribution in [0.4, 0.5) is 0 Å². The highest BCUT2D eigenvalue weighted by Gasteiger charge is 2.29. The first-order chi connectivity index (χ1) is 7.30. The quantitative estimate of drug-likeness (QED) is 0.755. The van der Waals surface area contributed by atoms with E-state index in [-0.39, 0.29) is 23.5 Å². The lowest BCUT2D eigenvalue weighted by Crippen LogP contribution is -2.42. The summed E-state index contributed by atoms with van der Waals surface area (Å²) in [5.74, 6) is -0.341. The molecule has 16 heavy (non-hydrogen) atoms. The van der Waals surface area contributed by atoms with E-state index in [1.807, 2.05) is 0 Å². The highest BCUT2D eigenvalue weighted by molar-refractivity contribution is 5.79. The fourth-order valence-electron chi connectivity index (χ4n) is 1.68. The van der Waals surface area contributed by atoms with Gasteiger partial charge in [-0.05, 0) is 25.2 Å². The van der Waals surface area contributed by atoms with Crippen molar-refractivity contribution in [3.63, 3.8) is 0 Å². The lowest BCUT2D eigenvalue weighted by Gasteiger charge is -2.29. The van der Waals surface area contributed by atoms with Gasteiger partial charge in [-0.25, -0.2) is 0 Å². The van der Waals surface area contributed by atoms with Gasteiger partial charge in [0.1, 0.15) is 6.10 Å². The average Bonchev–Trinajstić information content (AvgIpc) is 2.60. The summed E-state index contributed by atoms with van der Waals surface area (Å²) in [5.41, 5.74) is 5.44. The number of carbonyl (C=O) groups excluding carboxylic acids is 1. The summed E-state index contributed by atoms with van der Waals surface area (Å²) in [5, 5.41) is 3.45. The molecule has 1 rings (SSSR count). The van der Waals surface area contributed by atoms with Crippen molar-refractivity contribution >= 4 is 5.91 Å². The molecule has 1 aliphatic heterocycles. The third-order valence-electron chi connectivity index (χ3n) is 3.38. The van der Waals surface area contributed by atoms with Crippen molar-refractivity contribution in [1.29, 1.82) is 0 Å². The zero-order valence-electron chi connectivity index (χ0n) is 10.7. The molecule has 1 amide bonds. The molecule has 4 heteroatoms. The minimum Gasteiger partial charge on any atom is -0.367 e. The lowest BCUT2D eigenvalue weighted by molar-refractivity contribution is -0.128. The molecule has 4 nitrogen and oxygen atoms in total. The molecule has 0 aromatic heterocycles. The lowest BCUT2D eigenvalue weighted by atomic mass is 9.88. The molecule has 1 aliphatic rings. The van der Waals surface area contributed by atoms with Crippen LogP contribution >= 0.6 is 0 Å². The molecule has 0 spiro atoms. The third-order valence-corrected chi connectivity index (χ3v) is 3.38. The highest BCUT2D eigenvalue weighted by atomic mass is 16.5. The summed E-state index contributed by atoms with van der Waals surface area (Å²) in [6, 6.07) is 0.420. The molecule has 0 aliphatic carbocycles. The van der Waals surface area contributed by atoms with E-state index < -0.39 is 0 Å². The molecule has 3 unspecified atom stereocenters. The second-order valence-electron chi connectivity index (χ2n) is 5.72. The molecule has 0 radical (unpaired) electrons. The van der Waals surface area contributed by atoms with Crippen molar-refractivity contribution in [1.82, 2.24) is 5.32 Å². The summed E-state index contributed by atoms with van der Waals surface area (Å²) in [6.07, 6.45) is 1.42. The van der Waals surface area contributed by atoms with Crippen molar-refractivity contribution in [2.45, 2.75) is 58.8 Å². The number of hydrogen-bond acceptors (Lipinski definition) is 3. The first kappa shape index (κ1) is 13.5. The number of primary amides is 1. The number of nitrogens with one attached hydrogen (secondary N) is 1. The summed E-state index contributed by atoms with van der Waals surface area (Å²) in [4.78, 5) is 10.9. The zero-order valence-corrected chi connectivity index (χ0v) is 10.7. The van der Waals surface area contributed by atoms with E-state index in [0.717, 1.165) is 19.4 Å². The highest BCUT2D eigenvalue weighted by Crippen LogP contribution is 2.21. The number of hydrogen-bond donors (Lipinski definition) is 2. The van der Waals surface area contributed by atoms with Crippen LogP contribution in [0.15, 0.2) is 0 Å². The molecule has 0 saturated carbocycles. The summed E-state index contributed by atoms with van der Waals surface area (Å²) < 4.78 is 5.55. The molecule has 3 atom stereocenters. The Morgan fingerprint density at radius 3 is 2.56 bits per heavy atom. The largest absolute Gasteiger partial charge is 0.367 e. The van der Waals surface area contributed by atoms with Crippen molar-refractivity contribution in [2.24, 2.45) is 11.1 Å². The molecule has 0 bridgehead atoms. The van der Waals surface area contributed by atoms with E-state index in [9.17, 15) is 4.79 Å². The van der Waals surface area contributed by atoms with E-state index in [0.29, 0.717) is 6.04 Å². The Labute approximate surface area is 97.9 Å². The van der Waals surface area contributed by atoms with Gasteiger partial charge in [0.25, 0.3) is 0 Å². The number of amides is 1. The van der Waals surface area contributed by atoms with Crippen molar-refractivity contribution in [3.8, 4) is 0 Å². The number of ether oxygens (including phenoxy) is 1. The Morgan fingerprint density at radius 2 is 2.12 bits per heavy atom. The van der Waals surface area contributed by atoms with Crippen molar-refractivity contribution in [2.75, 3.05) is 6.54 Å². The Hall–Kier alpha value is -0.610. The van der Waals surface area contributed by atoms with Gasteiger partial charge >= 0.3 is 0 Å². The molecule has 1 fully saturated rings. The van der Waals surface area contributed by atoms with Crippen molar-refractivity contribution in [3.05, 3.63) is 0 Å². The maximum absolute atomic E-state index is 10.9. The number of carbonyl (C=O) groups is 1. The third kappa shape index (κ3) is 3.76. The smallest absolute Gasteiger partial charge is 0.246 e. The molecular formula is C12H24N2O2. The molecule has 3 N–H and O–H groups in total. The molecule has 94 valence electrons. The zero-order chi connectivity index (χ0) is 12.3. The van der Waals surface area contributed by atoms with Gasteiger partial charge in [-0.15, -0.1) is 0 Å². The Bertz CT molecular complexity index is 248. The van der Waals surface area contributed by atoms with Crippen LogP contribution in [0.3, 0.4) is 0 Å². The SMILES string of the molecule is CC(NCC1CCC(C(N)=O)O1)C(C)(C)C. The van der Waals surface area contributed by atoms with E-state index in [1.54, 1.807) is 0 Å². The van der Waals surface area contributed by atoms with Crippen LogP contribution in [0.5, 0.6) is 0 Å². The normalized spacial score (nSPS) is 28.0. The summed E-state index contributed by atoms with van der Waals surface area (Å²) >= 11 is 0. The van der Waals surface area contributed by atoms with Crippen LogP contribution in [0.2, 0.25) is 0 Å². The van der Waals surface area contributed by atoms with E-state index in [2.05, 4.69) is 33.0 Å². The molecular weight excluding hydrogens is 204 g/mol. The number of nitrogens with two attached hydrogens (primary N) is 1. The first-order valence-corrected chi connectivity index (χ1v) is 5.99. The predicted molar refractivity (Wildman–Crippen MR) is 64.0 cm³/mol. The molecule has 1 heterocycles. The predicted octanol–water partition coefficient (Wildman–Crippen LogP) is 1.04. The minimum absolute atomic E-state index is 0.127. The second kappa shape index (κ2) is 5.15. The van der Waals surface area contributed by atoms with E-state index >= 15 is 0 Å². The van der Waals surface area contributed by atoms with Crippen LogP contribution in [0.25, 0.3) is 0 Å². The van der Waals surface area contributed by atoms with E-state index in [1.165, 1.54) is 0 Å². The Balaban J connectivity index is 2.28. The van der Waals surface area contributed by atoms with E-state index in [4.69, 9.17) is 10.5 Å². The standard InChI is InChI=1S/C12H24N2O2/c1-8(12(2,3)4)14-7-9-5-6-10(16-9)11(13)15/h8-10,14H,5-7H2,1-4H3,(H2,13,15). The minimum atomic E-state index is -0.378. The Morgan fingerprint density at radius 1 is 1.50 bits per heavy atom. The van der Waals surface area contributed by atoms with Gasteiger partial charge in [0.15, 0.2) is 0 Å². The maximum atomic E-state index is 10.9. The van der Waals surface area contributed by atoms with Gasteiger partial charge < -0.3 is 15.8 Å². The number of rotatable bonds is 4. The topological polar surface area (TPSA) is 64.3 Å². The van der Waals surface area contributed by atoms with Gasteiger partial charge in [0.05, 0.1) is 6.10 Å². The maximum Gasteiger partial charge on any atom is 0.246 e. The Kier molecular flexibility index (Phi) is 4.33. The monoisotopic (exact) mass is 228 g/mol. The average molecular weight is 228 g/mol. The summed E-state index contributed by atoms with van der Waals surface area (Å²) in [6.45, 7) is 9.56. The van der Waals surface area contributed by atoms with Crippen LogP contribution in [-0.2, 0) is 9.53 Å². The fraction of sp³-hybridized carbons (Fsp3) is 0.917. The molecule has 1 saturated heterocycles. The molecule has 0 aromatic rings. The first-order valence-electron chi connectivity index (χ1n) is 5.99. The van der Waals surface area contributed by atoms with Crippen LogP contribution < -0.4 is 11.1 Å². The summed E-state index contributed by atoms with van der Waals surface area (Å²) in [7, 11) is 0. The molecule has 0 aromatic carbocycles. The van der Waals surface area contributed by atoms with Gasteiger partial charge in [0.2, 0.25) is 5.91 Å². The van der Waals surface area contributed by atoms with Gasteiger partial charge in [-0.2, -0.15) is 0 Å². The van der Waals surface area contributed by atoms with Gasteiger partial charge in [0, 0.05) is 12.6 Å².